The molecule has 5 nitrogen and oxygen atoms in total. The summed E-state index contributed by atoms with van der Waals surface area (Å²) in [6.07, 6.45) is 0. The van der Waals surface area contributed by atoms with Crippen molar-refractivity contribution in [2.24, 2.45) is 0 Å². The minimum absolute atomic E-state index is 0.113. The van der Waals surface area contributed by atoms with Crippen LogP contribution in [0.15, 0.2) is 84.9 Å². The molecule has 0 radical (unpaired) electrons. The van der Waals surface area contributed by atoms with E-state index < -0.39 is 0 Å². The number of hydrogen-bond acceptors (Lipinski definition) is 2. The molecule has 3 aromatic carbocycles. The zero-order chi connectivity index (χ0) is 20.5. The van der Waals surface area contributed by atoms with Crippen LogP contribution in [0.3, 0.4) is 0 Å². The van der Waals surface area contributed by atoms with Gasteiger partial charge in [0.05, 0.1) is 17.8 Å². The molecule has 0 aliphatic rings. The number of likely N-dealkylation sites (N-methyl/N-ethyl adjacent to an activating group) is 1. The number of anilines is 2. The maximum atomic E-state index is 12.7. The number of para-hydroxylation sites is 2. The van der Waals surface area contributed by atoms with Gasteiger partial charge in [-0.15, -0.1) is 0 Å². The third kappa shape index (κ3) is 6.02. The Morgan fingerprint density at radius 2 is 1.41 bits per heavy atom. The monoisotopic (exact) mass is 388 g/mol. The number of amides is 2. The van der Waals surface area contributed by atoms with Gasteiger partial charge < -0.3 is 15.5 Å². The van der Waals surface area contributed by atoms with Crippen molar-refractivity contribution in [2.75, 3.05) is 23.7 Å². The maximum Gasteiger partial charge on any atom is 0.279 e. The lowest BCUT2D eigenvalue weighted by Crippen LogP contribution is -3.11. The van der Waals surface area contributed by atoms with Crippen LogP contribution >= 0.6 is 0 Å². The smallest absolute Gasteiger partial charge is 0.279 e. The Bertz CT molecular complexity index is 943. The first-order valence-electron chi connectivity index (χ1n) is 9.78. The predicted molar refractivity (Wildman–Crippen MR) is 116 cm³/mol. The van der Waals surface area contributed by atoms with Gasteiger partial charge in [-0.1, -0.05) is 60.7 Å². The molecule has 0 bridgehead atoms. The van der Waals surface area contributed by atoms with E-state index in [0.29, 0.717) is 23.5 Å². The first kappa shape index (κ1) is 20.3. The van der Waals surface area contributed by atoms with Gasteiger partial charge >= 0.3 is 0 Å². The van der Waals surface area contributed by atoms with Crippen molar-refractivity contribution in [3.8, 4) is 0 Å². The number of hydrogen-bond donors (Lipinski definition) is 3. The molecule has 0 aromatic heterocycles. The Labute approximate surface area is 171 Å². The fraction of sp³-hybridized carbons (Fsp3) is 0.167. The molecule has 1 unspecified atom stereocenters. The number of nitrogens with one attached hydrogen (secondary N) is 3. The minimum atomic E-state index is -0.254. The third-order valence-corrected chi connectivity index (χ3v) is 4.68. The van der Waals surface area contributed by atoms with E-state index in [4.69, 9.17) is 0 Å². The highest BCUT2D eigenvalue weighted by Crippen LogP contribution is 2.17. The number of rotatable bonds is 8. The zero-order valence-corrected chi connectivity index (χ0v) is 16.5. The summed E-state index contributed by atoms with van der Waals surface area (Å²) < 4.78 is 0. The van der Waals surface area contributed by atoms with Crippen LogP contribution in [-0.4, -0.2) is 24.9 Å². The van der Waals surface area contributed by atoms with Crippen molar-refractivity contribution in [1.82, 2.24) is 0 Å². The van der Waals surface area contributed by atoms with Crippen LogP contribution in [0.4, 0.5) is 11.4 Å². The standard InChI is InChI=1S/C24H25N3O2/c1-2-27(17-19-11-5-3-6-12-19)18-23(28)26-22-16-10-9-15-21(22)24(29)25-20-13-7-4-8-14-20/h3-16H,2,17-18H2,1H3,(H,25,29)(H,26,28)/p+1. The van der Waals surface area contributed by atoms with Crippen LogP contribution < -0.4 is 15.5 Å². The van der Waals surface area contributed by atoms with E-state index in [1.54, 1.807) is 18.2 Å². The second-order valence-electron chi connectivity index (χ2n) is 6.86. The number of benzene rings is 3. The van der Waals surface area contributed by atoms with Gasteiger partial charge in [0.25, 0.3) is 11.8 Å². The summed E-state index contributed by atoms with van der Waals surface area (Å²) in [7, 11) is 0. The van der Waals surface area contributed by atoms with Crippen LogP contribution in [0.1, 0.15) is 22.8 Å². The molecule has 29 heavy (non-hydrogen) atoms. The second-order valence-corrected chi connectivity index (χ2v) is 6.86. The summed E-state index contributed by atoms with van der Waals surface area (Å²) in [5.74, 6) is -0.367. The van der Waals surface area contributed by atoms with Gasteiger partial charge in [0.15, 0.2) is 6.54 Å². The fourth-order valence-electron chi connectivity index (χ4n) is 3.13. The molecule has 5 heteroatoms. The summed E-state index contributed by atoms with van der Waals surface area (Å²) in [6.45, 7) is 4.01. The number of quaternary nitrogens is 1. The van der Waals surface area contributed by atoms with Gasteiger partial charge in [-0.25, -0.2) is 0 Å². The Balaban J connectivity index is 1.65. The molecule has 0 fully saturated rings. The van der Waals surface area contributed by atoms with E-state index in [1.165, 1.54) is 5.56 Å². The van der Waals surface area contributed by atoms with Crippen molar-refractivity contribution < 1.29 is 14.5 Å². The highest BCUT2D eigenvalue weighted by atomic mass is 16.2. The zero-order valence-electron chi connectivity index (χ0n) is 16.5. The first-order chi connectivity index (χ1) is 14.2. The van der Waals surface area contributed by atoms with Crippen molar-refractivity contribution in [1.29, 1.82) is 0 Å². The van der Waals surface area contributed by atoms with Crippen LogP contribution in [0.5, 0.6) is 0 Å². The van der Waals surface area contributed by atoms with Crippen molar-refractivity contribution in [3.05, 3.63) is 96.1 Å². The summed E-state index contributed by atoms with van der Waals surface area (Å²) in [5, 5.41) is 5.77. The Kier molecular flexibility index (Phi) is 7.14. The van der Waals surface area contributed by atoms with Gasteiger partial charge in [0, 0.05) is 11.3 Å². The van der Waals surface area contributed by atoms with Crippen LogP contribution in [0.2, 0.25) is 0 Å². The van der Waals surface area contributed by atoms with Crippen LogP contribution in [-0.2, 0) is 11.3 Å². The van der Waals surface area contributed by atoms with E-state index in [1.807, 2.05) is 54.6 Å². The highest BCUT2D eigenvalue weighted by Gasteiger charge is 2.17. The molecule has 3 rings (SSSR count). The molecule has 0 saturated carbocycles. The second kappa shape index (κ2) is 10.2. The molecule has 3 N–H and O–H groups in total. The van der Waals surface area contributed by atoms with Crippen LogP contribution in [0, 0.1) is 0 Å². The Morgan fingerprint density at radius 3 is 2.10 bits per heavy atom. The largest absolute Gasteiger partial charge is 0.324 e. The molecule has 1 atom stereocenters. The van der Waals surface area contributed by atoms with Gasteiger partial charge in [0.1, 0.15) is 6.54 Å². The lowest BCUT2D eigenvalue weighted by Gasteiger charge is -2.18. The van der Waals surface area contributed by atoms with E-state index in [-0.39, 0.29) is 11.8 Å². The molecular formula is C24H26N3O2+. The molecule has 0 aliphatic heterocycles. The number of carbonyl (C=O) groups is 2. The highest BCUT2D eigenvalue weighted by molar-refractivity contribution is 6.10. The van der Waals surface area contributed by atoms with Crippen LogP contribution in [0.25, 0.3) is 0 Å². The lowest BCUT2D eigenvalue weighted by molar-refractivity contribution is -0.903. The molecule has 3 aromatic rings. The summed E-state index contributed by atoms with van der Waals surface area (Å²) in [5.41, 5.74) is 2.86. The molecule has 0 heterocycles. The molecule has 2 amide bonds. The first-order valence-corrected chi connectivity index (χ1v) is 9.78. The molecule has 0 aliphatic carbocycles. The molecular weight excluding hydrogens is 362 g/mol. The van der Waals surface area contributed by atoms with Gasteiger partial charge in [-0.2, -0.15) is 0 Å². The molecule has 0 saturated heterocycles. The van der Waals surface area contributed by atoms with Gasteiger partial charge in [0.2, 0.25) is 0 Å². The molecule has 0 spiro atoms. The summed E-state index contributed by atoms with van der Waals surface area (Å²) >= 11 is 0. The minimum Gasteiger partial charge on any atom is -0.324 e. The lowest BCUT2D eigenvalue weighted by atomic mass is 10.1. The van der Waals surface area contributed by atoms with E-state index >= 15 is 0 Å². The maximum absolute atomic E-state index is 12.7. The Morgan fingerprint density at radius 1 is 0.793 bits per heavy atom. The van der Waals surface area contributed by atoms with Crippen molar-refractivity contribution >= 4 is 23.2 Å². The van der Waals surface area contributed by atoms with Gasteiger partial charge in [-0.05, 0) is 31.2 Å². The SMILES string of the molecule is CC[NH+](CC(=O)Nc1ccccc1C(=O)Nc1ccccc1)Cc1ccccc1. The van der Waals surface area contributed by atoms with Gasteiger partial charge in [-0.3, -0.25) is 9.59 Å². The predicted octanol–water partition coefficient (Wildman–Crippen LogP) is 2.98. The fourth-order valence-corrected chi connectivity index (χ4v) is 3.13. The van der Waals surface area contributed by atoms with E-state index in [0.717, 1.165) is 18.0 Å². The quantitative estimate of drug-likeness (QED) is 0.556. The summed E-state index contributed by atoms with van der Waals surface area (Å²) in [6, 6.07) is 26.4. The number of carbonyl (C=O) groups excluding carboxylic acids is 2. The average molecular weight is 388 g/mol. The average Bonchev–Trinajstić information content (AvgIpc) is 2.75. The molecule has 148 valence electrons. The van der Waals surface area contributed by atoms with E-state index in [9.17, 15) is 9.59 Å². The third-order valence-electron chi connectivity index (χ3n) is 4.68. The Hall–Kier alpha value is -3.44. The van der Waals surface area contributed by atoms with Crippen molar-refractivity contribution in [2.45, 2.75) is 13.5 Å². The normalized spacial score (nSPS) is 11.5. The van der Waals surface area contributed by atoms with E-state index in [2.05, 4.69) is 29.7 Å². The summed E-state index contributed by atoms with van der Waals surface area (Å²) in [4.78, 5) is 26.5. The topological polar surface area (TPSA) is 62.6 Å². The van der Waals surface area contributed by atoms with Crippen molar-refractivity contribution in [3.63, 3.8) is 0 Å².